The molecule has 0 atom stereocenters. The summed E-state index contributed by atoms with van der Waals surface area (Å²) in [5.74, 6) is -0.485. The molecule has 2 rings (SSSR count). The number of hydrogen-bond donors (Lipinski definition) is 3. The number of nitrogens with zero attached hydrogens (tertiary/aromatic N) is 2. The van der Waals surface area contributed by atoms with E-state index in [-0.39, 0.29) is 6.03 Å². The number of aromatic nitrogens is 2. The number of benzene rings is 1. The third-order valence-electron chi connectivity index (χ3n) is 3.28. The molecule has 0 aliphatic carbocycles. The molecule has 0 spiro atoms. The first kappa shape index (κ1) is 15.6. The van der Waals surface area contributed by atoms with Gasteiger partial charge in [-0.15, -0.1) is 0 Å². The van der Waals surface area contributed by atoms with Crippen molar-refractivity contribution in [3.63, 3.8) is 0 Å². The zero-order valence-electron chi connectivity index (χ0n) is 12.6. The minimum atomic E-state index is -0.485. The van der Waals surface area contributed by atoms with Crippen molar-refractivity contribution in [2.75, 3.05) is 5.32 Å². The second kappa shape index (κ2) is 6.75. The van der Waals surface area contributed by atoms with Crippen LogP contribution < -0.4 is 16.4 Å². The van der Waals surface area contributed by atoms with E-state index in [1.165, 1.54) is 0 Å². The van der Waals surface area contributed by atoms with Crippen molar-refractivity contribution in [3.8, 4) is 0 Å². The number of carbonyl (C=O) groups excluding carboxylic acids is 2. The number of primary amides is 1. The van der Waals surface area contributed by atoms with Gasteiger partial charge in [0, 0.05) is 24.0 Å². The van der Waals surface area contributed by atoms with Crippen LogP contribution in [-0.2, 0) is 13.1 Å². The highest BCUT2D eigenvalue weighted by atomic mass is 16.2. The van der Waals surface area contributed by atoms with Crippen LogP contribution in [0, 0.1) is 6.92 Å². The van der Waals surface area contributed by atoms with Gasteiger partial charge < -0.3 is 16.4 Å². The van der Waals surface area contributed by atoms with Crippen molar-refractivity contribution in [2.45, 2.75) is 26.9 Å². The first-order chi connectivity index (χ1) is 10.5. The fourth-order valence-electron chi connectivity index (χ4n) is 2.16. The van der Waals surface area contributed by atoms with Crippen molar-refractivity contribution < 1.29 is 9.59 Å². The number of anilines is 1. The van der Waals surface area contributed by atoms with E-state index in [4.69, 9.17) is 5.73 Å². The molecular formula is C15H19N5O2. The molecule has 22 heavy (non-hydrogen) atoms. The Morgan fingerprint density at radius 1 is 1.32 bits per heavy atom. The number of carbonyl (C=O) groups is 2. The van der Waals surface area contributed by atoms with Gasteiger partial charge in [0.05, 0.1) is 12.2 Å². The summed E-state index contributed by atoms with van der Waals surface area (Å²) < 4.78 is 1.81. The predicted octanol–water partition coefficient (Wildman–Crippen LogP) is 1.63. The Kier molecular flexibility index (Phi) is 4.77. The van der Waals surface area contributed by atoms with E-state index in [9.17, 15) is 9.59 Å². The van der Waals surface area contributed by atoms with Gasteiger partial charge in [0.25, 0.3) is 0 Å². The van der Waals surface area contributed by atoms with E-state index < -0.39 is 5.91 Å². The van der Waals surface area contributed by atoms with Crippen LogP contribution in [0.15, 0.2) is 30.5 Å². The highest BCUT2D eigenvalue weighted by molar-refractivity contribution is 5.95. The van der Waals surface area contributed by atoms with Crippen molar-refractivity contribution in [1.82, 2.24) is 15.1 Å². The summed E-state index contributed by atoms with van der Waals surface area (Å²) >= 11 is 0. The van der Waals surface area contributed by atoms with E-state index in [2.05, 4.69) is 15.7 Å². The molecule has 0 saturated carbocycles. The summed E-state index contributed by atoms with van der Waals surface area (Å²) in [6.07, 6.45) is 1.70. The zero-order valence-corrected chi connectivity index (χ0v) is 12.6. The minimum absolute atomic E-state index is 0.324. The number of amides is 3. The molecule has 1 aromatic heterocycles. The van der Waals surface area contributed by atoms with E-state index in [1.807, 2.05) is 17.7 Å². The smallest absolute Gasteiger partial charge is 0.319 e. The normalized spacial score (nSPS) is 10.3. The number of rotatable bonds is 5. The number of nitrogens with two attached hydrogens (primary N) is 1. The summed E-state index contributed by atoms with van der Waals surface area (Å²) in [7, 11) is 0. The maximum atomic E-state index is 11.9. The summed E-state index contributed by atoms with van der Waals surface area (Å²) in [5.41, 5.74) is 7.94. The topological polar surface area (TPSA) is 102 Å². The summed E-state index contributed by atoms with van der Waals surface area (Å²) in [4.78, 5) is 23.1. The highest BCUT2D eigenvalue weighted by Gasteiger charge is 2.08. The number of urea groups is 1. The van der Waals surface area contributed by atoms with Crippen LogP contribution in [0.25, 0.3) is 0 Å². The van der Waals surface area contributed by atoms with Crippen molar-refractivity contribution in [1.29, 1.82) is 0 Å². The van der Waals surface area contributed by atoms with E-state index in [0.717, 1.165) is 12.2 Å². The lowest BCUT2D eigenvalue weighted by atomic mass is 10.1. The van der Waals surface area contributed by atoms with Gasteiger partial charge in [0.1, 0.15) is 0 Å². The van der Waals surface area contributed by atoms with Gasteiger partial charge in [-0.05, 0) is 43.7 Å². The van der Waals surface area contributed by atoms with Crippen LogP contribution in [0.2, 0.25) is 0 Å². The molecule has 0 aliphatic heterocycles. The Balaban J connectivity index is 1.95. The zero-order chi connectivity index (χ0) is 16.1. The fraction of sp³-hybridized carbons (Fsp3) is 0.267. The van der Waals surface area contributed by atoms with Gasteiger partial charge in [-0.1, -0.05) is 0 Å². The molecule has 0 unspecified atom stereocenters. The largest absolute Gasteiger partial charge is 0.366 e. The number of aryl methyl sites for hydroxylation is 2. The van der Waals surface area contributed by atoms with Gasteiger partial charge in [0.15, 0.2) is 0 Å². The monoisotopic (exact) mass is 301 g/mol. The molecule has 116 valence electrons. The van der Waals surface area contributed by atoms with Gasteiger partial charge >= 0.3 is 6.03 Å². The Bertz CT molecular complexity index is 693. The fourth-order valence-corrected chi connectivity index (χ4v) is 2.16. The molecule has 7 heteroatoms. The second-order valence-corrected chi connectivity index (χ2v) is 4.84. The van der Waals surface area contributed by atoms with Crippen LogP contribution >= 0.6 is 0 Å². The van der Waals surface area contributed by atoms with Crippen molar-refractivity contribution in [3.05, 3.63) is 47.3 Å². The van der Waals surface area contributed by atoms with E-state index in [0.29, 0.717) is 23.4 Å². The van der Waals surface area contributed by atoms with Crippen LogP contribution in [0.3, 0.4) is 0 Å². The van der Waals surface area contributed by atoms with Gasteiger partial charge in [-0.2, -0.15) is 5.10 Å². The number of nitrogens with one attached hydrogen (secondary N) is 2. The van der Waals surface area contributed by atoms with Crippen LogP contribution in [-0.4, -0.2) is 21.7 Å². The van der Waals surface area contributed by atoms with Crippen LogP contribution in [0.5, 0.6) is 0 Å². The SMILES string of the molecule is CCn1nccc1CNC(=O)Nc1ccc(C(N)=O)c(C)c1. The molecule has 2 aromatic rings. The Labute approximate surface area is 128 Å². The average molecular weight is 301 g/mol. The molecule has 0 bridgehead atoms. The maximum absolute atomic E-state index is 11.9. The highest BCUT2D eigenvalue weighted by Crippen LogP contribution is 2.14. The Morgan fingerprint density at radius 3 is 2.73 bits per heavy atom. The lowest BCUT2D eigenvalue weighted by Crippen LogP contribution is -2.29. The second-order valence-electron chi connectivity index (χ2n) is 4.84. The number of hydrogen-bond acceptors (Lipinski definition) is 3. The molecule has 0 radical (unpaired) electrons. The molecule has 0 fully saturated rings. The molecule has 3 amide bonds. The van der Waals surface area contributed by atoms with E-state index >= 15 is 0 Å². The average Bonchev–Trinajstić information content (AvgIpc) is 2.92. The summed E-state index contributed by atoms with van der Waals surface area (Å²) in [5, 5.41) is 9.62. The van der Waals surface area contributed by atoms with Gasteiger partial charge in [0.2, 0.25) is 5.91 Å². The van der Waals surface area contributed by atoms with Crippen molar-refractivity contribution in [2.24, 2.45) is 5.73 Å². The van der Waals surface area contributed by atoms with Gasteiger partial charge in [-0.3, -0.25) is 9.48 Å². The standard InChI is InChI=1S/C15H19N5O2/c1-3-20-12(6-7-18-20)9-17-15(22)19-11-4-5-13(14(16)21)10(2)8-11/h4-8H,3,9H2,1-2H3,(H2,16,21)(H2,17,19,22). The minimum Gasteiger partial charge on any atom is -0.366 e. The Hall–Kier alpha value is -2.83. The summed E-state index contributed by atoms with van der Waals surface area (Å²) in [6.45, 7) is 4.89. The van der Waals surface area contributed by atoms with Crippen molar-refractivity contribution >= 4 is 17.6 Å². The predicted molar refractivity (Wildman–Crippen MR) is 83.5 cm³/mol. The quantitative estimate of drug-likeness (QED) is 0.782. The van der Waals surface area contributed by atoms with Crippen LogP contribution in [0.1, 0.15) is 28.5 Å². The molecule has 0 aliphatic rings. The molecule has 4 N–H and O–H groups in total. The summed E-state index contributed by atoms with van der Waals surface area (Å²) in [6, 6.07) is 6.48. The third-order valence-corrected chi connectivity index (χ3v) is 3.28. The molecular weight excluding hydrogens is 282 g/mol. The van der Waals surface area contributed by atoms with Crippen LogP contribution in [0.4, 0.5) is 10.5 Å². The van der Waals surface area contributed by atoms with E-state index in [1.54, 1.807) is 31.3 Å². The lowest BCUT2D eigenvalue weighted by Gasteiger charge is -2.10. The molecule has 0 saturated heterocycles. The lowest BCUT2D eigenvalue weighted by molar-refractivity contribution is 0.0999. The first-order valence-electron chi connectivity index (χ1n) is 6.97. The maximum Gasteiger partial charge on any atom is 0.319 e. The van der Waals surface area contributed by atoms with Gasteiger partial charge in [-0.25, -0.2) is 4.79 Å². The first-order valence-corrected chi connectivity index (χ1v) is 6.97. The molecule has 1 heterocycles. The molecule has 1 aromatic carbocycles. The Morgan fingerprint density at radius 2 is 2.09 bits per heavy atom. The third kappa shape index (κ3) is 3.63. The molecule has 7 nitrogen and oxygen atoms in total.